The molecule has 24 rings (SSSR count). The lowest BCUT2D eigenvalue weighted by Crippen LogP contribution is -2.07. The van der Waals surface area contributed by atoms with E-state index in [0.717, 1.165) is 207 Å². The Kier molecular flexibility index (Phi) is 19.4. The van der Waals surface area contributed by atoms with Gasteiger partial charge in [-0.25, -0.2) is 73.2 Å². The van der Waals surface area contributed by atoms with Gasteiger partial charge >= 0.3 is 0 Å². The standard InChI is InChI=1S/C19H18N6O.C19H20N6.2C18H18N6.C16H16N6/c20-18-16-17(11-5-6-14-12(9-26)8-21-15(14)7-11)24-25(13-3-1-2-4-13)19(16)23-10-22-18;1-24-9-8-12-10-13(6-7-15(12)24)17-16-18(20)21-11-22-19(16)25(23-17)14-4-2-3-5-14;19-17-15-16(12-5-6-14-11(9-12)7-8-20-14)23-24(13-3-1-2-4-13)18(15)22-10-21-17;19-17-15-16(12-6-5-11-7-8-20-14(11)9-12)23-24(13-3-1-2-4-13)18(15)22-10-21-17;1-9(2)22-16-13(15(17)19-8-20-16)14(21-22)11-3-4-12-10(7-11)5-6-18-12/h5-10,13,21H,1-4H2,(H2,20,22,23);6-11,14H,2-5H2,1H3,(H2,20,21,22);2*5-10,13,20H,1-4H2,(H2,19,21,22);3-9,18H,1-2H3,(H2,17,19,20). The van der Waals surface area contributed by atoms with Gasteiger partial charge in [-0.05, 0) is 143 Å². The SMILES string of the molecule is CC(C)n1nc(-c2ccc3[nH]ccc3c2)c2c(N)ncnc21.Cn1ccc2cc(-c3nn(C4CCCC4)c4ncnc(N)c34)ccc21.Nc1ncnc2c1c(-c1ccc3[nH]ccc3c1)nn2C1CCCC1.Nc1ncnc2c1c(-c1ccc3c(C=O)c[nH]c3c1)nn2C1CCCC1.Nc1ncnc2c1c(-c1ccc3cc[nH]c3c1)nn2C1CCCC1. The van der Waals surface area contributed by atoms with Crippen LogP contribution in [-0.4, -0.2) is 130 Å². The fourth-order valence-electron chi connectivity index (χ4n) is 18.4. The molecule has 121 heavy (non-hydrogen) atoms. The Hall–Kier alpha value is -14.8. The molecule has 4 saturated carbocycles. The Balaban J connectivity index is 0.0000000965. The highest BCUT2D eigenvalue weighted by molar-refractivity contribution is 6.06. The summed E-state index contributed by atoms with van der Waals surface area (Å²) >= 11 is 0. The second-order valence-corrected chi connectivity index (χ2v) is 32.3. The van der Waals surface area contributed by atoms with Crippen molar-refractivity contribution in [1.82, 2.24) is 123 Å². The lowest BCUT2D eigenvalue weighted by Gasteiger charge is -2.10. The number of nitrogens with zero attached hydrogens (tertiary/aromatic N) is 21. The molecule has 0 spiro atoms. The smallest absolute Gasteiger partial charge is 0.164 e. The lowest BCUT2D eigenvalue weighted by molar-refractivity contribution is 0.112. The number of aldehydes is 1. The van der Waals surface area contributed by atoms with Crippen molar-refractivity contribution in [2.45, 2.75) is 147 Å². The minimum absolute atomic E-state index is 0.196. The van der Waals surface area contributed by atoms with E-state index in [-0.39, 0.29) is 6.04 Å². The van der Waals surface area contributed by atoms with Gasteiger partial charge in [-0.3, -0.25) is 4.79 Å². The first-order chi connectivity index (χ1) is 59.2. The van der Waals surface area contributed by atoms with Crippen LogP contribution in [0.4, 0.5) is 29.1 Å². The third-order valence-electron chi connectivity index (χ3n) is 24.5. The number of nitrogens with two attached hydrogens (primary N) is 5. The van der Waals surface area contributed by atoms with Gasteiger partial charge in [-0.1, -0.05) is 93.8 Å². The molecule has 606 valence electrons. The molecule has 15 aromatic heterocycles. The zero-order chi connectivity index (χ0) is 82.1. The predicted molar refractivity (Wildman–Crippen MR) is 476 cm³/mol. The van der Waals surface area contributed by atoms with Crippen LogP contribution in [0, 0.1) is 0 Å². The number of hydrogen-bond donors (Lipinski definition) is 9. The van der Waals surface area contributed by atoms with Crippen molar-refractivity contribution in [2.24, 2.45) is 7.05 Å². The largest absolute Gasteiger partial charge is 0.383 e. The Morgan fingerprint density at radius 2 is 0.702 bits per heavy atom. The predicted octanol–water partition coefficient (Wildman–Crippen LogP) is 17.6. The van der Waals surface area contributed by atoms with Crippen molar-refractivity contribution in [1.29, 1.82) is 0 Å². The summed E-state index contributed by atoms with van der Waals surface area (Å²) in [5.74, 6) is 2.38. The summed E-state index contributed by atoms with van der Waals surface area (Å²) in [6.07, 6.45) is 37.1. The van der Waals surface area contributed by atoms with Crippen molar-refractivity contribution < 1.29 is 4.79 Å². The average Bonchev–Trinajstić information content (AvgIpc) is 1.61. The zero-order valence-corrected chi connectivity index (χ0v) is 67.2. The molecule has 0 bridgehead atoms. The van der Waals surface area contributed by atoms with Crippen LogP contribution in [0.5, 0.6) is 0 Å². The van der Waals surface area contributed by atoms with Crippen LogP contribution in [0.15, 0.2) is 178 Å². The number of H-pyrrole nitrogens is 4. The van der Waals surface area contributed by atoms with E-state index in [1.54, 1.807) is 6.20 Å². The summed E-state index contributed by atoms with van der Waals surface area (Å²) in [7, 11) is 2.05. The summed E-state index contributed by atoms with van der Waals surface area (Å²) in [6, 6.07) is 41.1. The van der Waals surface area contributed by atoms with Crippen LogP contribution in [0.25, 0.3) is 166 Å². The molecule has 4 aliphatic rings. The van der Waals surface area contributed by atoms with E-state index in [0.29, 0.717) is 58.8 Å². The van der Waals surface area contributed by atoms with Crippen LogP contribution in [0.3, 0.4) is 0 Å². The maximum atomic E-state index is 11.1. The normalized spacial score (nSPS) is 14.8. The van der Waals surface area contributed by atoms with E-state index in [1.165, 1.54) is 99.3 Å². The second-order valence-electron chi connectivity index (χ2n) is 32.3. The van der Waals surface area contributed by atoms with E-state index in [2.05, 4.69) is 194 Å². The maximum absolute atomic E-state index is 11.1. The average molecular weight is 1610 g/mol. The summed E-state index contributed by atoms with van der Waals surface area (Å²) in [5.41, 5.74) is 50.3. The summed E-state index contributed by atoms with van der Waals surface area (Å²) in [6.45, 7) is 4.15. The number of aromatic nitrogens is 25. The second kappa shape index (κ2) is 31.3. The number of carbonyl (C=O) groups is 1. The van der Waals surface area contributed by atoms with Crippen molar-refractivity contribution in [3.8, 4) is 56.3 Å². The number of nitrogens with one attached hydrogen (secondary N) is 4. The number of anilines is 5. The molecule has 20 aromatic rings. The molecule has 0 atom stereocenters. The number of hydrogen-bond acceptors (Lipinski definition) is 21. The van der Waals surface area contributed by atoms with Gasteiger partial charge in [0.2, 0.25) is 0 Å². The van der Waals surface area contributed by atoms with Gasteiger partial charge in [0.05, 0.1) is 51.1 Å². The van der Waals surface area contributed by atoms with Gasteiger partial charge < -0.3 is 53.2 Å². The number of rotatable bonds is 11. The van der Waals surface area contributed by atoms with Gasteiger partial charge in [0.25, 0.3) is 0 Å². The maximum Gasteiger partial charge on any atom is 0.164 e. The minimum Gasteiger partial charge on any atom is -0.383 e. The van der Waals surface area contributed by atoms with Gasteiger partial charge in [0, 0.05) is 127 Å². The molecular formula is C90H90N30O. The van der Waals surface area contributed by atoms with E-state index in [4.69, 9.17) is 54.2 Å². The summed E-state index contributed by atoms with van der Waals surface area (Å²) in [4.78, 5) is 67.2. The number of aromatic amines is 4. The van der Waals surface area contributed by atoms with Crippen LogP contribution in [-0.2, 0) is 7.05 Å². The van der Waals surface area contributed by atoms with Gasteiger partial charge in [-0.2, -0.15) is 25.5 Å². The molecular weight excluding hydrogens is 1520 g/mol. The molecule has 4 aliphatic carbocycles. The Bertz CT molecular complexity index is 7100. The lowest BCUT2D eigenvalue weighted by atomic mass is 10.1. The Morgan fingerprint density at radius 3 is 1.12 bits per heavy atom. The van der Waals surface area contributed by atoms with E-state index < -0.39 is 0 Å². The van der Waals surface area contributed by atoms with Gasteiger partial charge in [-0.15, -0.1) is 0 Å². The van der Waals surface area contributed by atoms with Crippen LogP contribution in [0.2, 0.25) is 0 Å². The summed E-state index contributed by atoms with van der Waals surface area (Å²) in [5, 5.41) is 34.2. The molecule has 0 amide bonds. The van der Waals surface area contributed by atoms with Crippen LogP contribution >= 0.6 is 0 Å². The fraction of sp³-hybridized carbons (Fsp3) is 0.267. The molecule has 0 saturated heterocycles. The van der Waals surface area contributed by atoms with Crippen LogP contribution < -0.4 is 28.7 Å². The van der Waals surface area contributed by atoms with Gasteiger partial charge in [0.15, 0.2) is 34.5 Å². The molecule has 31 nitrogen and oxygen atoms in total. The monoisotopic (exact) mass is 1610 g/mol. The molecule has 14 N–H and O–H groups in total. The highest BCUT2D eigenvalue weighted by Crippen LogP contribution is 2.44. The first-order valence-electron chi connectivity index (χ1n) is 41.5. The topological polar surface area (TPSA) is 433 Å². The van der Waals surface area contributed by atoms with Gasteiger partial charge in [0.1, 0.15) is 89.2 Å². The molecule has 15 heterocycles. The fourth-order valence-corrected chi connectivity index (χ4v) is 18.4. The molecule has 4 fully saturated rings. The number of benzene rings is 5. The van der Waals surface area contributed by atoms with Crippen LogP contribution in [0.1, 0.15) is 157 Å². The molecule has 5 aromatic carbocycles. The number of carbonyl (C=O) groups excluding carboxylic acids is 1. The van der Waals surface area contributed by atoms with Crippen molar-refractivity contribution in [2.75, 3.05) is 28.7 Å². The third kappa shape index (κ3) is 13.7. The number of fused-ring (bicyclic) bond motifs is 10. The molecule has 0 radical (unpaired) electrons. The molecule has 31 heteroatoms. The van der Waals surface area contributed by atoms with E-state index in [9.17, 15) is 4.79 Å². The highest BCUT2D eigenvalue weighted by Gasteiger charge is 2.31. The van der Waals surface area contributed by atoms with E-state index >= 15 is 0 Å². The molecule has 0 unspecified atom stereocenters. The third-order valence-corrected chi connectivity index (χ3v) is 24.5. The minimum atomic E-state index is 0.196. The first-order valence-corrected chi connectivity index (χ1v) is 41.5. The highest BCUT2D eigenvalue weighted by atomic mass is 16.1. The zero-order valence-electron chi connectivity index (χ0n) is 67.2. The molecule has 0 aliphatic heterocycles. The van der Waals surface area contributed by atoms with E-state index in [1.807, 2.05) is 64.4 Å². The Morgan fingerprint density at radius 1 is 0.355 bits per heavy atom. The first kappa shape index (κ1) is 75.0. The Labute approximate surface area is 691 Å². The number of nitrogen functional groups attached to an aromatic ring is 5. The van der Waals surface area contributed by atoms with Crippen molar-refractivity contribution in [3.05, 3.63) is 183 Å². The van der Waals surface area contributed by atoms with Crippen molar-refractivity contribution in [3.63, 3.8) is 0 Å². The quantitative estimate of drug-likeness (QED) is 0.0543. The van der Waals surface area contributed by atoms with Crippen molar-refractivity contribution >= 4 is 145 Å². The summed E-state index contributed by atoms with van der Waals surface area (Å²) < 4.78 is 12.2. The number of aryl methyl sites for hydroxylation is 1.